The minimum atomic E-state index is -3.39. The molecule has 0 fully saturated rings. The molecule has 0 bridgehead atoms. The number of hydrogen-bond donors (Lipinski definition) is 2. The van der Waals surface area contributed by atoms with Crippen LogP contribution in [0.2, 0.25) is 0 Å². The molecule has 1 rings (SSSR count). The summed E-state index contributed by atoms with van der Waals surface area (Å²) in [7, 11) is -3.39. The van der Waals surface area contributed by atoms with Crippen LogP contribution in [-0.2, 0) is 14.6 Å². The zero-order valence-corrected chi connectivity index (χ0v) is 11.1. The highest BCUT2D eigenvalue weighted by Gasteiger charge is 2.18. The molecule has 1 atom stereocenters. The Morgan fingerprint density at radius 3 is 2.72 bits per heavy atom. The molecule has 18 heavy (non-hydrogen) atoms. The summed E-state index contributed by atoms with van der Waals surface area (Å²) in [5, 5.41) is 11.6. The van der Waals surface area contributed by atoms with E-state index in [1.165, 1.54) is 18.3 Å². The molecule has 2 N–H and O–H groups in total. The SMILES string of the molecule is CCC(CC(=O)O)Nc1ncccc1S(C)(=O)=O. The lowest BCUT2D eigenvalue weighted by molar-refractivity contribution is -0.137. The second-order valence-corrected chi connectivity index (χ2v) is 5.95. The van der Waals surface area contributed by atoms with E-state index >= 15 is 0 Å². The summed E-state index contributed by atoms with van der Waals surface area (Å²) in [5.41, 5.74) is 0. The van der Waals surface area contributed by atoms with Crippen molar-refractivity contribution in [2.24, 2.45) is 0 Å². The molecule has 1 aromatic rings. The topological polar surface area (TPSA) is 96.4 Å². The van der Waals surface area contributed by atoms with E-state index in [-0.39, 0.29) is 23.2 Å². The molecule has 0 aliphatic rings. The highest BCUT2D eigenvalue weighted by Crippen LogP contribution is 2.19. The first-order valence-electron chi connectivity index (χ1n) is 5.48. The Hall–Kier alpha value is -1.63. The Bertz CT molecular complexity index is 528. The monoisotopic (exact) mass is 272 g/mol. The molecule has 0 saturated heterocycles. The summed E-state index contributed by atoms with van der Waals surface area (Å²) in [6, 6.07) is 2.62. The molecular formula is C11H16N2O4S. The van der Waals surface area contributed by atoms with Crippen molar-refractivity contribution < 1.29 is 18.3 Å². The molecule has 6 nitrogen and oxygen atoms in total. The summed E-state index contributed by atoms with van der Waals surface area (Å²) >= 11 is 0. The van der Waals surface area contributed by atoms with Gasteiger partial charge in [0.25, 0.3) is 0 Å². The minimum Gasteiger partial charge on any atom is -0.481 e. The number of nitrogens with zero attached hydrogens (tertiary/aromatic N) is 1. The maximum atomic E-state index is 11.5. The predicted octanol–water partition coefficient (Wildman–Crippen LogP) is 1.15. The third kappa shape index (κ3) is 3.99. The lowest BCUT2D eigenvalue weighted by Gasteiger charge is -2.17. The lowest BCUT2D eigenvalue weighted by atomic mass is 10.1. The summed E-state index contributed by atoms with van der Waals surface area (Å²) in [6.07, 6.45) is 3.03. The van der Waals surface area contributed by atoms with Crippen molar-refractivity contribution in [3.05, 3.63) is 18.3 Å². The lowest BCUT2D eigenvalue weighted by Crippen LogP contribution is -2.24. The number of carboxylic acids is 1. The van der Waals surface area contributed by atoms with Gasteiger partial charge in [-0.2, -0.15) is 0 Å². The van der Waals surface area contributed by atoms with Gasteiger partial charge in [-0.3, -0.25) is 4.79 Å². The molecule has 0 aromatic carbocycles. The van der Waals surface area contributed by atoms with Crippen molar-refractivity contribution in [2.75, 3.05) is 11.6 Å². The van der Waals surface area contributed by atoms with Crippen molar-refractivity contribution in [1.29, 1.82) is 0 Å². The van der Waals surface area contributed by atoms with E-state index in [1.54, 1.807) is 0 Å². The standard InChI is InChI=1S/C11H16N2O4S/c1-3-8(7-10(14)15)13-11-9(18(2,16)17)5-4-6-12-11/h4-6,8H,3,7H2,1-2H3,(H,12,13)(H,14,15). The van der Waals surface area contributed by atoms with E-state index in [4.69, 9.17) is 5.11 Å². The van der Waals surface area contributed by atoms with E-state index in [1.807, 2.05) is 6.92 Å². The van der Waals surface area contributed by atoms with Gasteiger partial charge in [-0.25, -0.2) is 13.4 Å². The summed E-state index contributed by atoms with van der Waals surface area (Å²) in [4.78, 5) is 14.7. The fraction of sp³-hybridized carbons (Fsp3) is 0.455. The Labute approximate surface area is 106 Å². The smallest absolute Gasteiger partial charge is 0.305 e. The highest BCUT2D eigenvalue weighted by atomic mass is 32.2. The third-order valence-corrected chi connectivity index (χ3v) is 3.55. The molecule has 0 amide bonds. The molecule has 0 aliphatic carbocycles. The maximum absolute atomic E-state index is 11.5. The van der Waals surface area contributed by atoms with Crippen LogP contribution in [0.15, 0.2) is 23.2 Å². The molecule has 0 saturated carbocycles. The van der Waals surface area contributed by atoms with Crippen LogP contribution in [0.5, 0.6) is 0 Å². The second kappa shape index (κ2) is 5.81. The van der Waals surface area contributed by atoms with Crippen molar-refractivity contribution >= 4 is 21.6 Å². The van der Waals surface area contributed by atoms with Gasteiger partial charge in [0.15, 0.2) is 9.84 Å². The number of nitrogens with one attached hydrogen (secondary N) is 1. The van der Waals surface area contributed by atoms with Gasteiger partial charge >= 0.3 is 5.97 Å². The Balaban J connectivity index is 3.00. The average molecular weight is 272 g/mol. The highest BCUT2D eigenvalue weighted by molar-refractivity contribution is 7.90. The summed E-state index contributed by atoms with van der Waals surface area (Å²) in [6.45, 7) is 1.82. The van der Waals surface area contributed by atoms with Gasteiger partial charge < -0.3 is 10.4 Å². The number of anilines is 1. The molecule has 1 aromatic heterocycles. The van der Waals surface area contributed by atoms with Gasteiger partial charge in [-0.1, -0.05) is 6.92 Å². The number of aliphatic carboxylic acids is 1. The van der Waals surface area contributed by atoms with Crippen molar-refractivity contribution in [2.45, 2.75) is 30.7 Å². The molecule has 0 spiro atoms. The second-order valence-electron chi connectivity index (χ2n) is 3.97. The van der Waals surface area contributed by atoms with Crippen LogP contribution >= 0.6 is 0 Å². The molecular weight excluding hydrogens is 256 g/mol. The predicted molar refractivity (Wildman–Crippen MR) is 67.3 cm³/mol. The molecule has 0 radical (unpaired) electrons. The van der Waals surface area contributed by atoms with Gasteiger partial charge in [0.1, 0.15) is 10.7 Å². The zero-order chi connectivity index (χ0) is 13.8. The third-order valence-electron chi connectivity index (χ3n) is 2.42. The van der Waals surface area contributed by atoms with Crippen LogP contribution < -0.4 is 5.32 Å². The average Bonchev–Trinajstić information content (AvgIpc) is 2.26. The molecule has 1 heterocycles. The van der Waals surface area contributed by atoms with Gasteiger partial charge in [0.2, 0.25) is 0 Å². The van der Waals surface area contributed by atoms with Crippen molar-refractivity contribution in [3.63, 3.8) is 0 Å². The summed E-state index contributed by atoms with van der Waals surface area (Å²) < 4.78 is 23.1. The van der Waals surface area contributed by atoms with Crippen molar-refractivity contribution in [3.8, 4) is 0 Å². The fourth-order valence-electron chi connectivity index (χ4n) is 1.50. The van der Waals surface area contributed by atoms with E-state index < -0.39 is 15.8 Å². The molecule has 100 valence electrons. The van der Waals surface area contributed by atoms with Crippen LogP contribution in [0, 0.1) is 0 Å². The first-order valence-corrected chi connectivity index (χ1v) is 7.37. The number of hydrogen-bond acceptors (Lipinski definition) is 5. The Morgan fingerprint density at radius 2 is 2.22 bits per heavy atom. The Morgan fingerprint density at radius 1 is 1.56 bits per heavy atom. The van der Waals surface area contributed by atoms with Crippen molar-refractivity contribution in [1.82, 2.24) is 4.98 Å². The number of carboxylic acid groups (broad SMARTS) is 1. The van der Waals surface area contributed by atoms with Crippen LogP contribution in [0.25, 0.3) is 0 Å². The first-order chi connectivity index (χ1) is 8.34. The van der Waals surface area contributed by atoms with E-state index in [2.05, 4.69) is 10.3 Å². The number of aromatic nitrogens is 1. The first kappa shape index (κ1) is 14.4. The Kier molecular flexibility index (Phi) is 4.66. The van der Waals surface area contributed by atoms with Gasteiger partial charge in [0, 0.05) is 18.5 Å². The molecule has 1 unspecified atom stereocenters. The normalized spacial score (nSPS) is 13.0. The van der Waals surface area contributed by atoms with Crippen LogP contribution in [-0.4, -0.2) is 36.8 Å². The zero-order valence-electron chi connectivity index (χ0n) is 10.3. The number of pyridine rings is 1. The van der Waals surface area contributed by atoms with Gasteiger partial charge in [-0.15, -0.1) is 0 Å². The number of carbonyl (C=O) groups is 1. The minimum absolute atomic E-state index is 0.0776. The van der Waals surface area contributed by atoms with E-state index in [0.717, 1.165) is 6.26 Å². The van der Waals surface area contributed by atoms with E-state index in [0.29, 0.717) is 6.42 Å². The van der Waals surface area contributed by atoms with Crippen LogP contribution in [0.1, 0.15) is 19.8 Å². The number of rotatable bonds is 6. The van der Waals surface area contributed by atoms with E-state index in [9.17, 15) is 13.2 Å². The van der Waals surface area contributed by atoms with Crippen LogP contribution in [0.3, 0.4) is 0 Å². The fourth-order valence-corrected chi connectivity index (χ4v) is 2.29. The summed E-state index contributed by atoms with van der Waals surface area (Å²) in [5.74, 6) is -0.737. The number of sulfone groups is 1. The molecule has 0 aliphatic heterocycles. The quantitative estimate of drug-likeness (QED) is 0.806. The molecule has 7 heteroatoms. The maximum Gasteiger partial charge on any atom is 0.305 e. The van der Waals surface area contributed by atoms with Crippen LogP contribution in [0.4, 0.5) is 5.82 Å². The van der Waals surface area contributed by atoms with Gasteiger partial charge in [-0.05, 0) is 18.6 Å². The largest absolute Gasteiger partial charge is 0.481 e. The van der Waals surface area contributed by atoms with Gasteiger partial charge in [0.05, 0.1) is 6.42 Å².